The van der Waals surface area contributed by atoms with Crippen molar-refractivity contribution in [3.05, 3.63) is 0 Å². The van der Waals surface area contributed by atoms with Crippen LogP contribution in [0, 0.1) is 0 Å². The van der Waals surface area contributed by atoms with E-state index in [0.717, 1.165) is 0 Å². The first-order chi connectivity index (χ1) is 6.41. The molecule has 0 bridgehead atoms. The molecule has 0 aromatic rings. The monoisotopic (exact) mass is 202 g/mol. The van der Waals surface area contributed by atoms with Crippen molar-refractivity contribution in [2.75, 3.05) is 26.2 Å². The molecule has 1 aliphatic rings. The lowest BCUT2D eigenvalue weighted by Gasteiger charge is -2.46. The number of likely N-dealkylation sites (tertiary alicyclic amines) is 1. The Balaban J connectivity index is 2.23. The summed E-state index contributed by atoms with van der Waals surface area (Å²) in [6.07, 6.45) is 0. The van der Waals surface area contributed by atoms with Crippen LogP contribution in [0.2, 0.25) is 0 Å². The number of carbonyl (C=O) groups excluding carboxylic acids is 1. The maximum atomic E-state index is 10.5. The standard InChI is InChI=1S/C8H14N2O4/c1-8(14-3-7(12)13)4-10(5-8)2-6(9)11/h2-5H2,1H3,(H2,9,11)(H,12,13). The first-order valence-corrected chi connectivity index (χ1v) is 4.28. The third-order valence-corrected chi connectivity index (χ3v) is 2.04. The Morgan fingerprint density at radius 2 is 2.14 bits per heavy atom. The highest BCUT2D eigenvalue weighted by Gasteiger charge is 2.40. The normalized spacial score (nSPS) is 20.1. The number of rotatable bonds is 5. The van der Waals surface area contributed by atoms with Crippen molar-refractivity contribution in [3.8, 4) is 0 Å². The zero-order valence-corrected chi connectivity index (χ0v) is 8.02. The van der Waals surface area contributed by atoms with Gasteiger partial charge < -0.3 is 15.6 Å². The topological polar surface area (TPSA) is 92.9 Å². The van der Waals surface area contributed by atoms with E-state index < -0.39 is 11.6 Å². The number of hydrogen-bond acceptors (Lipinski definition) is 4. The molecule has 0 saturated carbocycles. The lowest BCUT2D eigenvalue weighted by molar-refractivity contribution is -0.166. The molecule has 6 nitrogen and oxygen atoms in total. The maximum Gasteiger partial charge on any atom is 0.329 e. The molecule has 0 aliphatic carbocycles. The maximum absolute atomic E-state index is 10.5. The summed E-state index contributed by atoms with van der Waals surface area (Å²) in [5.41, 5.74) is 4.55. The Hall–Kier alpha value is -1.14. The van der Waals surface area contributed by atoms with Crippen LogP contribution in [0.5, 0.6) is 0 Å². The Morgan fingerprint density at radius 1 is 1.57 bits per heavy atom. The fourth-order valence-corrected chi connectivity index (χ4v) is 1.56. The van der Waals surface area contributed by atoms with Gasteiger partial charge in [-0.15, -0.1) is 0 Å². The van der Waals surface area contributed by atoms with Gasteiger partial charge in [-0.1, -0.05) is 0 Å². The quantitative estimate of drug-likeness (QED) is 0.574. The Labute approximate surface area is 81.6 Å². The molecule has 80 valence electrons. The zero-order chi connectivity index (χ0) is 10.8. The third kappa shape index (κ3) is 2.97. The van der Waals surface area contributed by atoms with Crippen molar-refractivity contribution >= 4 is 11.9 Å². The van der Waals surface area contributed by atoms with E-state index in [2.05, 4.69) is 0 Å². The van der Waals surface area contributed by atoms with E-state index in [1.807, 2.05) is 11.8 Å². The molecule has 0 unspecified atom stereocenters. The number of amides is 1. The second kappa shape index (κ2) is 3.93. The number of carbonyl (C=O) groups is 2. The molecule has 1 rings (SSSR count). The van der Waals surface area contributed by atoms with Gasteiger partial charge in [-0.05, 0) is 6.92 Å². The second-order valence-corrected chi connectivity index (χ2v) is 3.74. The molecule has 0 radical (unpaired) electrons. The van der Waals surface area contributed by atoms with Crippen LogP contribution in [-0.4, -0.2) is 53.7 Å². The summed E-state index contributed by atoms with van der Waals surface area (Å²) in [6, 6.07) is 0. The van der Waals surface area contributed by atoms with Crippen LogP contribution in [0.3, 0.4) is 0 Å². The number of aliphatic carboxylic acids is 1. The fraction of sp³-hybridized carbons (Fsp3) is 0.750. The number of ether oxygens (including phenoxy) is 1. The van der Waals surface area contributed by atoms with Gasteiger partial charge in [0.1, 0.15) is 6.61 Å². The predicted molar refractivity (Wildman–Crippen MR) is 47.6 cm³/mol. The van der Waals surface area contributed by atoms with E-state index in [1.54, 1.807) is 0 Å². The number of nitrogens with zero attached hydrogens (tertiary/aromatic N) is 1. The van der Waals surface area contributed by atoms with Crippen LogP contribution in [0.4, 0.5) is 0 Å². The van der Waals surface area contributed by atoms with Crippen LogP contribution < -0.4 is 5.73 Å². The Bertz CT molecular complexity index is 248. The highest BCUT2D eigenvalue weighted by molar-refractivity contribution is 5.76. The first kappa shape index (κ1) is 10.9. The summed E-state index contributed by atoms with van der Waals surface area (Å²) >= 11 is 0. The smallest absolute Gasteiger partial charge is 0.329 e. The first-order valence-electron chi connectivity index (χ1n) is 4.28. The van der Waals surface area contributed by atoms with Gasteiger partial charge in [0.2, 0.25) is 5.91 Å². The number of nitrogens with two attached hydrogens (primary N) is 1. The summed E-state index contributed by atoms with van der Waals surface area (Å²) in [4.78, 5) is 22.6. The Kier molecular flexibility index (Phi) is 3.07. The van der Waals surface area contributed by atoms with Gasteiger partial charge in [0.25, 0.3) is 0 Å². The van der Waals surface area contributed by atoms with Gasteiger partial charge in [-0.25, -0.2) is 4.79 Å². The molecule has 0 spiro atoms. The highest BCUT2D eigenvalue weighted by atomic mass is 16.5. The lowest BCUT2D eigenvalue weighted by atomic mass is 9.96. The van der Waals surface area contributed by atoms with Crippen LogP contribution >= 0.6 is 0 Å². The van der Waals surface area contributed by atoms with Gasteiger partial charge in [0.05, 0.1) is 12.1 Å². The molecule has 0 aromatic carbocycles. The van der Waals surface area contributed by atoms with Gasteiger partial charge in [-0.2, -0.15) is 0 Å². The van der Waals surface area contributed by atoms with Gasteiger partial charge in [0.15, 0.2) is 0 Å². The summed E-state index contributed by atoms with van der Waals surface area (Å²) < 4.78 is 5.15. The van der Waals surface area contributed by atoms with Crippen molar-refractivity contribution in [3.63, 3.8) is 0 Å². The number of carboxylic acids is 1. The van der Waals surface area contributed by atoms with Gasteiger partial charge in [-0.3, -0.25) is 9.69 Å². The number of carboxylic acid groups (broad SMARTS) is 1. The largest absolute Gasteiger partial charge is 0.480 e. The zero-order valence-electron chi connectivity index (χ0n) is 8.02. The van der Waals surface area contributed by atoms with Crippen molar-refractivity contribution in [1.29, 1.82) is 0 Å². The van der Waals surface area contributed by atoms with Crippen molar-refractivity contribution in [1.82, 2.24) is 4.90 Å². The minimum Gasteiger partial charge on any atom is -0.480 e. The average Bonchev–Trinajstić information content (AvgIpc) is 1.97. The van der Waals surface area contributed by atoms with Crippen molar-refractivity contribution < 1.29 is 19.4 Å². The minimum absolute atomic E-state index is 0.200. The number of hydrogen-bond donors (Lipinski definition) is 2. The van der Waals surface area contributed by atoms with Crippen LogP contribution in [-0.2, 0) is 14.3 Å². The van der Waals surface area contributed by atoms with Crippen LogP contribution in [0.15, 0.2) is 0 Å². The SMILES string of the molecule is CC1(OCC(=O)O)CN(CC(N)=O)C1. The molecular formula is C8H14N2O4. The van der Waals surface area contributed by atoms with E-state index in [1.165, 1.54) is 0 Å². The summed E-state index contributed by atoms with van der Waals surface area (Å²) in [7, 11) is 0. The molecule has 1 aliphatic heterocycles. The van der Waals surface area contributed by atoms with E-state index in [9.17, 15) is 9.59 Å². The molecule has 14 heavy (non-hydrogen) atoms. The van der Waals surface area contributed by atoms with Crippen LogP contribution in [0.25, 0.3) is 0 Å². The summed E-state index contributed by atoms with van der Waals surface area (Å²) in [5, 5.41) is 8.40. The molecule has 1 amide bonds. The van der Waals surface area contributed by atoms with Crippen molar-refractivity contribution in [2.45, 2.75) is 12.5 Å². The van der Waals surface area contributed by atoms with E-state index in [-0.39, 0.29) is 19.1 Å². The summed E-state index contributed by atoms with van der Waals surface area (Å²) in [5.74, 6) is -1.37. The molecule has 1 fully saturated rings. The number of primary amides is 1. The molecular weight excluding hydrogens is 188 g/mol. The highest BCUT2D eigenvalue weighted by Crippen LogP contribution is 2.23. The summed E-state index contributed by atoms with van der Waals surface area (Å²) in [6.45, 7) is 2.80. The van der Waals surface area contributed by atoms with Gasteiger partial charge >= 0.3 is 5.97 Å². The molecule has 1 saturated heterocycles. The predicted octanol–water partition coefficient (Wildman–Crippen LogP) is -1.35. The lowest BCUT2D eigenvalue weighted by Crippen LogP contribution is -2.63. The molecule has 1 heterocycles. The van der Waals surface area contributed by atoms with E-state index in [0.29, 0.717) is 13.1 Å². The molecule has 3 N–H and O–H groups in total. The fourth-order valence-electron chi connectivity index (χ4n) is 1.56. The third-order valence-electron chi connectivity index (χ3n) is 2.04. The molecule has 6 heteroatoms. The second-order valence-electron chi connectivity index (χ2n) is 3.74. The van der Waals surface area contributed by atoms with E-state index in [4.69, 9.17) is 15.6 Å². The van der Waals surface area contributed by atoms with Gasteiger partial charge in [0, 0.05) is 13.1 Å². The van der Waals surface area contributed by atoms with Crippen molar-refractivity contribution in [2.24, 2.45) is 5.73 Å². The minimum atomic E-state index is -0.987. The average molecular weight is 202 g/mol. The molecule has 0 aromatic heterocycles. The van der Waals surface area contributed by atoms with Crippen LogP contribution in [0.1, 0.15) is 6.92 Å². The molecule has 0 atom stereocenters. The Morgan fingerprint density at radius 3 is 2.57 bits per heavy atom. The van der Waals surface area contributed by atoms with E-state index >= 15 is 0 Å².